The quantitative estimate of drug-likeness (QED) is 0.214. The third-order valence-corrected chi connectivity index (χ3v) is 5.84. The van der Waals surface area contributed by atoms with E-state index in [4.69, 9.17) is 4.74 Å². The van der Waals surface area contributed by atoms with Crippen LogP contribution in [0.1, 0.15) is 103 Å². The summed E-state index contributed by atoms with van der Waals surface area (Å²) in [7, 11) is 0. The van der Waals surface area contributed by atoms with Gasteiger partial charge in [-0.1, -0.05) is 103 Å². The summed E-state index contributed by atoms with van der Waals surface area (Å²) < 4.78 is 6.19. The van der Waals surface area contributed by atoms with Crippen LogP contribution in [-0.4, -0.2) is 6.61 Å². The van der Waals surface area contributed by atoms with Crippen molar-refractivity contribution in [2.45, 2.75) is 104 Å². The molecule has 3 heteroatoms. The van der Waals surface area contributed by atoms with Crippen LogP contribution in [0.4, 0.5) is 11.4 Å². The maximum absolute atomic E-state index is 6.19. The Balaban J connectivity index is 1.80. The standard InChI is InChI=1S/C29H44N2O/c1-6-7-8-9-10-11-12-13-14-15-22-32-28-21-20-26(23-27(28)29(3,4)5)31-30-25-18-16-24(2)17-19-25/h16-21,23H,6-15,22H2,1-5H3. The minimum Gasteiger partial charge on any atom is -0.493 e. The Kier molecular flexibility index (Phi) is 11.5. The molecule has 0 fully saturated rings. The van der Waals surface area contributed by atoms with Crippen LogP contribution in [0, 0.1) is 6.92 Å². The number of hydrogen-bond acceptors (Lipinski definition) is 3. The van der Waals surface area contributed by atoms with Crippen LogP contribution in [0.2, 0.25) is 0 Å². The molecule has 0 N–H and O–H groups in total. The molecule has 3 nitrogen and oxygen atoms in total. The molecular weight excluding hydrogens is 392 g/mol. The highest BCUT2D eigenvalue weighted by molar-refractivity contribution is 5.50. The Bertz CT molecular complexity index is 803. The third-order valence-electron chi connectivity index (χ3n) is 5.84. The van der Waals surface area contributed by atoms with Crippen LogP contribution in [0.15, 0.2) is 52.7 Å². The molecule has 2 aromatic carbocycles. The molecule has 0 spiro atoms. The van der Waals surface area contributed by atoms with Gasteiger partial charge in [0.2, 0.25) is 0 Å². The van der Waals surface area contributed by atoms with Crippen LogP contribution in [-0.2, 0) is 5.41 Å². The average molecular weight is 437 g/mol. The summed E-state index contributed by atoms with van der Waals surface area (Å²) in [6, 6.07) is 14.3. The first kappa shape index (κ1) is 26.1. The molecule has 32 heavy (non-hydrogen) atoms. The van der Waals surface area contributed by atoms with Crippen molar-refractivity contribution in [3.05, 3.63) is 53.6 Å². The van der Waals surface area contributed by atoms with Gasteiger partial charge in [0.15, 0.2) is 0 Å². The fraction of sp³-hybridized carbons (Fsp3) is 0.586. The second-order valence-electron chi connectivity index (χ2n) is 10.00. The van der Waals surface area contributed by atoms with E-state index < -0.39 is 0 Å². The molecule has 0 unspecified atom stereocenters. The maximum Gasteiger partial charge on any atom is 0.123 e. The van der Waals surface area contributed by atoms with Gasteiger partial charge in [-0.05, 0) is 49.1 Å². The van der Waals surface area contributed by atoms with Gasteiger partial charge in [0, 0.05) is 5.56 Å². The van der Waals surface area contributed by atoms with Gasteiger partial charge in [0.25, 0.3) is 0 Å². The number of benzene rings is 2. The summed E-state index contributed by atoms with van der Waals surface area (Å²) in [6.07, 6.45) is 13.4. The highest BCUT2D eigenvalue weighted by Crippen LogP contribution is 2.35. The first-order valence-corrected chi connectivity index (χ1v) is 12.7. The zero-order valence-electron chi connectivity index (χ0n) is 21.1. The fourth-order valence-corrected chi connectivity index (χ4v) is 3.79. The van der Waals surface area contributed by atoms with E-state index in [9.17, 15) is 0 Å². The maximum atomic E-state index is 6.19. The second-order valence-corrected chi connectivity index (χ2v) is 10.00. The van der Waals surface area contributed by atoms with Crippen molar-refractivity contribution in [3.63, 3.8) is 0 Å². The minimum absolute atomic E-state index is 0.0114. The van der Waals surface area contributed by atoms with E-state index in [-0.39, 0.29) is 5.41 Å². The van der Waals surface area contributed by atoms with Crippen molar-refractivity contribution in [1.29, 1.82) is 0 Å². The van der Waals surface area contributed by atoms with E-state index in [2.05, 4.69) is 69.1 Å². The molecule has 2 rings (SSSR count). The van der Waals surface area contributed by atoms with Gasteiger partial charge in [0.05, 0.1) is 18.0 Å². The summed E-state index contributed by atoms with van der Waals surface area (Å²) in [6.45, 7) is 11.8. The number of hydrogen-bond donors (Lipinski definition) is 0. The lowest BCUT2D eigenvalue weighted by atomic mass is 9.86. The van der Waals surface area contributed by atoms with Crippen molar-refractivity contribution < 1.29 is 4.74 Å². The van der Waals surface area contributed by atoms with E-state index in [1.54, 1.807) is 0 Å². The molecule has 0 aliphatic carbocycles. The smallest absolute Gasteiger partial charge is 0.123 e. The molecule has 0 aliphatic rings. The molecule has 0 bridgehead atoms. The Morgan fingerprint density at radius 3 is 1.81 bits per heavy atom. The summed E-state index contributed by atoms with van der Waals surface area (Å²) >= 11 is 0. The largest absolute Gasteiger partial charge is 0.493 e. The Morgan fingerprint density at radius 1 is 0.688 bits per heavy atom. The first-order valence-electron chi connectivity index (χ1n) is 12.7. The van der Waals surface area contributed by atoms with Crippen LogP contribution < -0.4 is 4.74 Å². The molecular formula is C29H44N2O. The molecule has 0 aromatic heterocycles. The van der Waals surface area contributed by atoms with Gasteiger partial charge in [-0.2, -0.15) is 10.2 Å². The van der Waals surface area contributed by atoms with Crippen LogP contribution in [0.5, 0.6) is 5.75 Å². The third kappa shape index (κ3) is 9.97. The SMILES string of the molecule is CCCCCCCCCCCCOc1ccc(N=Nc2ccc(C)cc2)cc1C(C)(C)C. The van der Waals surface area contributed by atoms with Gasteiger partial charge in [0.1, 0.15) is 5.75 Å². The molecule has 0 radical (unpaired) electrons. The summed E-state index contributed by atoms with van der Waals surface area (Å²) in [5, 5.41) is 8.84. The number of ether oxygens (including phenoxy) is 1. The van der Waals surface area contributed by atoms with Crippen LogP contribution >= 0.6 is 0 Å². The number of aryl methyl sites for hydroxylation is 1. The molecule has 0 heterocycles. The Labute approximate surface area is 196 Å². The molecule has 0 amide bonds. The van der Waals surface area contributed by atoms with Crippen molar-refractivity contribution in [1.82, 2.24) is 0 Å². The van der Waals surface area contributed by atoms with E-state index in [1.807, 2.05) is 18.2 Å². The van der Waals surface area contributed by atoms with Crippen molar-refractivity contribution in [2.24, 2.45) is 10.2 Å². The number of azo groups is 1. The van der Waals surface area contributed by atoms with Gasteiger partial charge in [-0.25, -0.2) is 0 Å². The molecule has 0 saturated heterocycles. The summed E-state index contributed by atoms with van der Waals surface area (Å²) in [5.74, 6) is 0.975. The zero-order valence-corrected chi connectivity index (χ0v) is 21.1. The van der Waals surface area contributed by atoms with Crippen LogP contribution in [0.3, 0.4) is 0 Å². The lowest BCUT2D eigenvalue weighted by Crippen LogP contribution is -2.13. The van der Waals surface area contributed by atoms with Crippen molar-refractivity contribution in [2.75, 3.05) is 6.61 Å². The molecule has 0 aliphatic heterocycles. The first-order chi connectivity index (χ1) is 15.4. The monoisotopic (exact) mass is 436 g/mol. The van der Waals surface area contributed by atoms with Crippen LogP contribution in [0.25, 0.3) is 0 Å². The van der Waals surface area contributed by atoms with Crippen molar-refractivity contribution in [3.8, 4) is 5.75 Å². The van der Waals surface area contributed by atoms with E-state index >= 15 is 0 Å². The van der Waals surface area contributed by atoms with E-state index in [1.165, 1.54) is 68.9 Å². The van der Waals surface area contributed by atoms with Gasteiger partial charge >= 0.3 is 0 Å². The molecule has 2 aromatic rings. The summed E-state index contributed by atoms with van der Waals surface area (Å²) in [5.41, 5.74) is 4.13. The molecule has 0 saturated carbocycles. The Hall–Kier alpha value is -2.16. The average Bonchev–Trinajstić information content (AvgIpc) is 2.77. The predicted molar refractivity (Wildman–Crippen MR) is 138 cm³/mol. The van der Waals surface area contributed by atoms with Gasteiger partial charge < -0.3 is 4.74 Å². The van der Waals surface area contributed by atoms with Gasteiger partial charge in [-0.3, -0.25) is 0 Å². The lowest BCUT2D eigenvalue weighted by molar-refractivity contribution is 0.296. The predicted octanol–water partition coefficient (Wildman–Crippen LogP) is 10.0. The van der Waals surface area contributed by atoms with Crippen molar-refractivity contribution >= 4 is 11.4 Å². The Morgan fingerprint density at radius 2 is 1.22 bits per heavy atom. The number of unbranched alkanes of at least 4 members (excludes halogenated alkanes) is 9. The van der Waals surface area contributed by atoms with E-state index in [0.29, 0.717) is 0 Å². The topological polar surface area (TPSA) is 34.0 Å². The highest BCUT2D eigenvalue weighted by Gasteiger charge is 2.19. The number of rotatable bonds is 14. The second kappa shape index (κ2) is 14.1. The summed E-state index contributed by atoms with van der Waals surface area (Å²) in [4.78, 5) is 0. The number of nitrogens with zero attached hydrogens (tertiary/aromatic N) is 2. The van der Waals surface area contributed by atoms with Gasteiger partial charge in [-0.15, -0.1) is 0 Å². The zero-order chi connectivity index (χ0) is 23.2. The highest BCUT2D eigenvalue weighted by atomic mass is 16.5. The van der Waals surface area contributed by atoms with E-state index in [0.717, 1.165) is 30.2 Å². The normalized spacial score (nSPS) is 11.9. The fourth-order valence-electron chi connectivity index (χ4n) is 3.79. The molecule has 176 valence electrons. The molecule has 0 atom stereocenters. The lowest BCUT2D eigenvalue weighted by Gasteiger charge is -2.23. The minimum atomic E-state index is -0.0114.